The molecule has 2 unspecified atom stereocenters. The lowest BCUT2D eigenvalue weighted by atomic mass is 9.94. The highest BCUT2D eigenvalue weighted by atomic mass is 16.5. The van der Waals surface area contributed by atoms with Crippen molar-refractivity contribution in [2.75, 3.05) is 40.3 Å². The van der Waals surface area contributed by atoms with E-state index in [4.69, 9.17) is 11.1 Å². The molecule has 8 heteroatoms. The van der Waals surface area contributed by atoms with Gasteiger partial charge in [0.2, 0.25) is 0 Å². The Labute approximate surface area is 235 Å². The third-order valence-electron chi connectivity index (χ3n) is 6.59. The number of hydrogen-bond acceptors (Lipinski definition) is 7. The predicted molar refractivity (Wildman–Crippen MR) is 163 cm³/mol. The summed E-state index contributed by atoms with van der Waals surface area (Å²) in [5.41, 5.74) is 13.3. The van der Waals surface area contributed by atoms with Crippen molar-refractivity contribution in [1.29, 1.82) is 5.41 Å². The highest BCUT2D eigenvalue weighted by Gasteiger charge is 2.29. The highest BCUT2D eigenvalue weighted by molar-refractivity contribution is 5.84. The Kier molecular flexibility index (Phi) is 12.6. The Morgan fingerprint density at radius 1 is 1.18 bits per heavy atom. The molecule has 5 N–H and O–H groups in total. The first-order valence-electron chi connectivity index (χ1n) is 13.8. The standard InChI is InChI=1S/C19H20N4.C5H12N2.C5H10O2.C2H6/c1-23(11-20)18-8-12-4-5-13-10-17-14(3-2-6-22-17)9-16(19(18)21)15(13)7-12;1-7-4-2-6-3-5-7;1-5(2,3)7-4-6;1-2/h2-9,11,17,19-20,22H,10,21H2,1H3;6H,2-5H2,1H3;4H,1-3H3;1-2H3. The van der Waals surface area contributed by atoms with Gasteiger partial charge < -0.3 is 30.9 Å². The zero-order chi connectivity index (χ0) is 29.0. The van der Waals surface area contributed by atoms with Crippen LogP contribution in [0.3, 0.4) is 0 Å². The van der Waals surface area contributed by atoms with Gasteiger partial charge in [0.25, 0.3) is 6.47 Å². The maximum absolute atomic E-state index is 9.60. The van der Waals surface area contributed by atoms with E-state index in [0.717, 1.165) is 36.3 Å². The van der Waals surface area contributed by atoms with Crippen LogP contribution in [0.15, 0.2) is 53.9 Å². The van der Waals surface area contributed by atoms with Crippen LogP contribution < -0.4 is 16.4 Å². The van der Waals surface area contributed by atoms with Gasteiger partial charge in [-0.1, -0.05) is 38.1 Å². The Hall–Kier alpha value is -3.20. The molecule has 4 aliphatic rings. The van der Waals surface area contributed by atoms with Crippen molar-refractivity contribution in [3.05, 3.63) is 70.6 Å². The normalized spacial score (nSPS) is 20.9. The molecule has 0 radical (unpaired) electrons. The van der Waals surface area contributed by atoms with Crippen LogP contribution in [0.1, 0.15) is 51.3 Å². The maximum Gasteiger partial charge on any atom is 0.293 e. The molecule has 5 rings (SSSR count). The number of carbonyl (C=O) groups is 1. The summed E-state index contributed by atoms with van der Waals surface area (Å²) in [4.78, 5) is 13.7. The Morgan fingerprint density at radius 3 is 2.41 bits per heavy atom. The van der Waals surface area contributed by atoms with Gasteiger partial charge in [0.15, 0.2) is 0 Å². The summed E-state index contributed by atoms with van der Waals surface area (Å²) in [5, 5.41) is 14.3. The minimum atomic E-state index is -0.318. The smallest absolute Gasteiger partial charge is 0.293 e. The molecule has 1 aromatic rings. The number of nitrogens with zero attached hydrogens (tertiary/aromatic N) is 2. The lowest BCUT2D eigenvalue weighted by Gasteiger charge is -2.24. The molecule has 2 bridgehead atoms. The van der Waals surface area contributed by atoms with E-state index in [-0.39, 0.29) is 11.6 Å². The van der Waals surface area contributed by atoms with Crippen molar-refractivity contribution in [3.63, 3.8) is 0 Å². The fourth-order valence-corrected chi connectivity index (χ4v) is 4.47. The van der Waals surface area contributed by atoms with E-state index in [1.54, 1.807) is 4.90 Å². The second-order valence-corrected chi connectivity index (χ2v) is 10.6. The molecule has 2 heterocycles. The first-order chi connectivity index (χ1) is 18.6. The maximum atomic E-state index is 9.60. The first-order valence-corrected chi connectivity index (χ1v) is 13.8. The predicted octanol–water partition coefficient (Wildman–Crippen LogP) is 3.76. The van der Waals surface area contributed by atoms with Gasteiger partial charge in [0.05, 0.1) is 18.4 Å². The number of allylic oxidation sites excluding steroid dienone is 2. The minimum absolute atomic E-state index is 0.245. The molecule has 0 amide bonds. The molecule has 1 fully saturated rings. The quantitative estimate of drug-likeness (QED) is 0.265. The van der Waals surface area contributed by atoms with E-state index in [2.05, 4.69) is 63.7 Å². The lowest BCUT2D eigenvalue weighted by molar-refractivity contribution is -0.138. The van der Waals surface area contributed by atoms with Crippen molar-refractivity contribution in [2.45, 2.75) is 58.7 Å². The molecule has 1 saturated heterocycles. The summed E-state index contributed by atoms with van der Waals surface area (Å²) in [6.45, 7) is 14.7. The average molecular weight is 537 g/mol. The van der Waals surface area contributed by atoms with Crippen LogP contribution in [0, 0.1) is 5.41 Å². The summed E-state index contributed by atoms with van der Waals surface area (Å²) in [6.07, 6.45) is 12.8. The topological polar surface area (TPSA) is 107 Å². The number of carbonyl (C=O) groups excluding carboxylic acids is 1. The molecule has 214 valence electrons. The number of hydrogen-bond donors (Lipinski definition) is 4. The van der Waals surface area contributed by atoms with E-state index in [1.807, 2.05) is 53.9 Å². The molecule has 2 atom stereocenters. The van der Waals surface area contributed by atoms with Gasteiger partial charge in [-0.3, -0.25) is 10.2 Å². The molecule has 0 spiro atoms. The van der Waals surface area contributed by atoms with Crippen LogP contribution in [0.4, 0.5) is 0 Å². The number of piperazine rings is 1. The van der Waals surface area contributed by atoms with Gasteiger partial charge in [-0.2, -0.15) is 0 Å². The van der Waals surface area contributed by atoms with Gasteiger partial charge in [0.1, 0.15) is 5.60 Å². The van der Waals surface area contributed by atoms with Gasteiger partial charge in [-0.15, -0.1) is 0 Å². The van der Waals surface area contributed by atoms with Crippen LogP contribution >= 0.6 is 0 Å². The summed E-state index contributed by atoms with van der Waals surface area (Å²) in [5.74, 6) is 0. The third kappa shape index (κ3) is 9.49. The number of benzene rings is 1. The van der Waals surface area contributed by atoms with Crippen molar-refractivity contribution >= 4 is 24.5 Å². The molecule has 1 aromatic carbocycles. The van der Waals surface area contributed by atoms with E-state index < -0.39 is 0 Å². The van der Waals surface area contributed by atoms with Crippen LogP contribution in [0.5, 0.6) is 0 Å². The fraction of sp³-hybridized carbons (Fsp3) is 0.484. The van der Waals surface area contributed by atoms with Crippen molar-refractivity contribution in [2.24, 2.45) is 5.73 Å². The number of rotatable bonds is 3. The van der Waals surface area contributed by atoms with Crippen LogP contribution in [-0.4, -0.2) is 80.6 Å². The Morgan fingerprint density at radius 2 is 1.87 bits per heavy atom. The van der Waals surface area contributed by atoms with E-state index >= 15 is 0 Å². The Balaban J connectivity index is 0.000000274. The fourth-order valence-electron chi connectivity index (χ4n) is 4.47. The molecule has 2 aliphatic carbocycles. The number of fused-ring (bicyclic) bond motifs is 2. The van der Waals surface area contributed by atoms with Crippen LogP contribution in [0.25, 0.3) is 11.6 Å². The number of nitrogens with two attached hydrogens (primary N) is 1. The van der Waals surface area contributed by atoms with E-state index in [1.165, 1.54) is 36.1 Å². The number of likely N-dealkylation sites (N-methyl/N-ethyl adjacent to an activating group) is 2. The summed E-state index contributed by atoms with van der Waals surface area (Å²) < 4.78 is 4.55. The van der Waals surface area contributed by atoms with Crippen molar-refractivity contribution in [1.82, 2.24) is 20.4 Å². The summed E-state index contributed by atoms with van der Waals surface area (Å²) in [6, 6.07) is 6.61. The second-order valence-electron chi connectivity index (χ2n) is 10.6. The number of dihydropyridines is 1. The summed E-state index contributed by atoms with van der Waals surface area (Å²) >= 11 is 0. The molecule has 0 saturated carbocycles. The third-order valence-corrected chi connectivity index (χ3v) is 6.59. The average Bonchev–Trinajstić information content (AvgIpc) is 3.15. The molecule has 39 heavy (non-hydrogen) atoms. The highest BCUT2D eigenvalue weighted by Crippen LogP contribution is 2.36. The molecular weight excluding hydrogens is 488 g/mol. The van der Waals surface area contributed by atoms with Crippen LogP contribution in [-0.2, 0) is 16.0 Å². The van der Waals surface area contributed by atoms with E-state index in [0.29, 0.717) is 12.5 Å². The van der Waals surface area contributed by atoms with Crippen molar-refractivity contribution < 1.29 is 9.53 Å². The largest absolute Gasteiger partial charge is 0.462 e. The minimum Gasteiger partial charge on any atom is -0.462 e. The van der Waals surface area contributed by atoms with Crippen molar-refractivity contribution in [3.8, 4) is 0 Å². The zero-order valence-corrected chi connectivity index (χ0v) is 24.8. The molecule has 0 aromatic heterocycles. The Bertz CT molecular complexity index is 1080. The lowest BCUT2D eigenvalue weighted by Crippen LogP contribution is -2.40. The van der Waals surface area contributed by atoms with E-state index in [9.17, 15) is 4.79 Å². The number of ether oxygens (including phenoxy) is 1. The molecular formula is C31H48N6O2. The van der Waals surface area contributed by atoms with Crippen LogP contribution in [0.2, 0.25) is 0 Å². The van der Waals surface area contributed by atoms with Gasteiger partial charge in [-0.05, 0) is 86.5 Å². The van der Waals surface area contributed by atoms with Gasteiger partial charge >= 0.3 is 0 Å². The van der Waals surface area contributed by atoms with Gasteiger partial charge in [-0.25, -0.2) is 0 Å². The van der Waals surface area contributed by atoms with Gasteiger partial charge in [0, 0.05) is 38.9 Å². The number of nitrogens with one attached hydrogen (secondary N) is 3. The molecule has 2 aliphatic heterocycles. The second kappa shape index (κ2) is 15.4. The monoisotopic (exact) mass is 536 g/mol. The summed E-state index contributed by atoms with van der Waals surface area (Å²) in [7, 11) is 4.03. The SMILES string of the molecule is CC.CC(C)(C)OC=O.CN(C=N)C1=Cc2ccc3c(c2)C(=CC2=CC=CNC2C3)C1N.CN1CCNCC1. The molecule has 8 nitrogen and oxygen atoms in total. The zero-order valence-electron chi connectivity index (χ0n) is 24.8. The first kappa shape index (κ1) is 32.0.